The largest absolute Gasteiger partial charge is 0.340 e. The highest BCUT2D eigenvalue weighted by Gasteiger charge is 2.40. The van der Waals surface area contributed by atoms with Crippen molar-refractivity contribution in [3.8, 4) is 22.3 Å². The molecular formula is C58H68N12O2. The highest BCUT2D eigenvalue weighted by molar-refractivity contribution is 5.81. The van der Waals surface area contributed by atoms with Crippen LogP contribution in [0.4, 0.5) is 23.0 Å². The van der Waals surface area contributed by atoms with Crippen LogP contribution in [0.5, 0.6) is 0 Å². The molecule has 18 heterocycles. The van der Waals surface area contributed by atoms with Crippen molar-refractivity contribution in [2.45, 2.75) is 127 Å². The fraction of sp³-hybridized carbons (Fsp3) is 0.448. The first-order chi connectivity index (χ1) is 35.4. The van der Waals surface area contributed by atoms with E-state index in [4.69, 9.17) is 0 Å². The van der Waals surface area contributed by atoms with E-state index in [2.05, 4.69) is 121 Å². The number of hydrogen-bond acceptors (Lipinski definition) is 14. The van der Waals surface area contributed by atoms with Crippen LogP contribution in [0.15, 0.2) is 110 Å². The van der Waals surface area contributed by atoms with E-state index in [1.165, 1.54) is 36.8 Å². The molecule has 2 N–H and O–H groups in total. The van der Waals surface area contributed by atoms with Crippen molar-refractivity contribution in [1.82, 2.24) is 49.5 Å². The monoisotopic (exact) mass is 965 g/mol. The molecule has 6 saturated heterocycles. The second kappa shape index (κ2) is 22.6. The van der Waals surface area contributed by atoms with Gasteiger partial charge < -0.3 is 10.6 Å². The Morgan fingerprint density at radius 2 is 0.792 bits per heavy atom. The molecule has 2 aromatic carbocycles. The lowest BCUT2D eigenvalue weighted by molar-refractivity contribution is -0.124. The first-order valence-corrected chi connectivity index (χ1v) is 26.7. The van der Waals surface area contributed by atoms with Crippen LogP contribution in [-0.4, -0.2) is 125 Å². The zero-order chi connectivity index (χ0) is 48.6. The third-order valence-corrected chi connectivity index (χ3v) is 15.8. The molecule has 0 radical (unpaired) electrons. The summed E-state index contributed by atoms with van der Waals surface area (Å²) in [7, 11) is 0. The molecule has 4 aromatic heterocycles. The first-order valence-electron chi connectivity index (χ1n) is 26.7. The predicted octanol–water partition coefficient (Wildman–Crippen LogP) is 9.23. The second-order valence-electron chi connectivity index (χ2n) is 21.0. The Morgan fingerprint density at radius 3 is 1.19 bits per heavy atom. The standard InChI is InChI=1S/2C29H34N6O/c2*36-27-7-2-1-3-8-28-31-15-23(16-32-28)22-11-12-30-29(14-22)33-24-6-4-5-21(13-24)17-34-18-26-10-9-25(34)19-35(26)20-27/h2*4-6,11-16,25-26H,1-3,7-10,17-20H2,(H,30,33). The maximum Gasteiger partial charge on any atom is 0.146 e. The van der Waals surface area contributed by atoms with Gasteiger partial charge in [0.25, 0.3) is 0 Å². The quantitative estimate of drug-likeness (QED) is 0.149. The number of aromatic nitrogens is 6. The van der Waals surface area contributed by atoms with E-state index >= 15 is 0 Å². The number of ketones is 2. The van der Waals surface area contributed by atoms with Gasteiger partial charge in [0, 0.05) is 149 Å². The lowest BCUT2D eigenvalue weighted by atomic mass is 9.90. The van der Waals surface area contributed by atoms with E-state index in [1.807, 2.05) is 49.3 Å². The van der Waals surface area contributed by atoms with E-state index in [-0.39, 0.29) is 0 Å². The molecule has 6 fully saturated rings. The molecule has 8 atom stereocenters. The van der Waals surface area contributed by atoms with E-state index in [0.717, 1.165) is 148 Å². The number of Topliss-reactive ketones (excluding diaryl/α,β-unsaturated/α-hetero) is 2. The molecule has 14 heteroatoms. The molecule has 8 unspecified atom stereocenters. The summed E-state index contributed by atoms with van der Waals surface area (Å²) in [5.74, 6) is 4.13. The van der Waals surface area contributed by atoms with Crippen molar-refractivity contribution in [3.05, 3.63) is 133 Å². The third kappa shape index (κ3) is 12.1. The lowest BCUT2D eigenvalue weighted by Gasteiger charge is -2.51. The Kier molecular flexibility index (Phi) is 15.1. The topological polar surface area (TPSA) is 149 Å². The number of pyridine rings is 2. The lowest BCUT2D eigenvalue weighted by Crippen LogP contribution is -2.62. The first kappa shape index (κ1) is 48.0. The normalized spacial score (nSPS) is 26.5. The number of nitrogens with zero attached hydrogens (tertiary/aromatic N) is 10. The van der Waals surface area contributed by atoms with Crippen molar-refractivity contribution < 1.29 is 9.59 Å². The minimum absolute atomic E-state index is 0.391. The number of anilines is 4. The van der Waals surface area contributed by atoms with Gasteiger partial charge in [-0.1, -0.05) is 37.1 Å². The van der Waals surface area contributed by atoms with E-state index < -0.39 is 0 Å². The summed E-state index contributed by atoms with van der Waals surface area (Å²) in [6.07, 6.45) is 25.2. The van der Waals surface area contributed by atoms with Gasteiger partial charge in [-0.3, -0.25) is 29.2 Å². The molecule has 0 amide bonds. The second-order valence-corrected chi connectivity index (χ2v) is 21.0. The van der Waals surface area contributed by atoms with Gasteiger partial charge in [-0.25, -0.2) is 29.9 Å². The molecule has 0 aliphatic carbocycles. The van der Waals surface area contributed by atoms with Crippen molar-refractivity contribution in [1.29, 1.82) is 0 Å². The van der Waals surface area contributed by atoms with Crippen LogP contribution in [-0.2, 0) is 35.5 Å². The van der Waals surface area contributed by atoms with Crippen LogP contribution in [0, 0.1) is 0 Å². The van der Waals surface area contributed by atoms with E-state index in [0.29, 0.717) is 61.7 Å². The molecule has 14 aliphatic heterocycles. The number of nitrogens with one attached hydrogen (secondary N) is 2. The number of hydrogen-bond donors (Lipinski definition) is 2. The molecule has 20 bridgehead atoms. The van der Waals surface area contributed by atoms with Crippen LogP contribution in [0.25, 0.3) is 22.3 Å². The number of piperazine rings is 2. The molecule has 14 aliphatic rings. The predicted molar refractivity (Wildman–Crippen MR) is 282 cm³/mol. The summed E-state index contributed by atoms with van der Waals surface area (Å²) in [4.78, 5) is 63.0. The highest BCUT2D eigenvalue weighted by atomic mass is 16.1. The smallest absolute Gasteiger partial charge is 0.146 e. The van der Waals surface area contributed by atoms with Gasteiger partial charge in [0.15, 0.2) is 0 Å². The summed E-state index contributed by atoms with van der Waals surface area (Å²) in [6.45, 7) is 7.24. The van der Waals surface area contributed by atoms with Gasteiger partial charge in [0.05, 0.1) is 13.1 Å². The molecule has 14 nitrogen and oxygen atoms in total. The minimum Gasteiger partial charge on any atom is -0.340 e. The molecule has 0 spiro atoms. The SMILES string of the molecule is O=C1CCCCCc2ncc(cn2)-c2ccnc(c2)Nc2cccc(c2)CN2CC3CCC2CN3C1.O=C1CCCCCc2ncc(cn2)-c2ccnc(c2)Nc2cccc(c2)CN2CC3CCC2CN3C1. The number of carbonyl (C=O) groups excluding carboxylic acids is 2. The fourth-order valence-corrected chi connectivity index (χ4v) is 11.8. The van der Waals surface area contributed by atoms with Gasteiger partial charge in [0.2, 0.25) is 0 Å². The highest BCUT2D eigenvalue weighted by Crippen LogP contribution is 2.33. The third-order valence-electron chi connectivity index (χ3n) is 15.8. The summed E-state index contributed by atoms with van der Waals surface area (Å²) in [5, 5.41) is 6.97. The minimum atomic E-state index is 0.391. The van der Waals surface area contributed by atoms with Crippen LogP contribution in [0.1, 0.15) is 99.8 Å². The number of rotatable bonds is 0. The van der Waals surface area contributed by atoms with Crippen molar-refractivity contribution in [3.63, 3.8) is 0 Å². The number of piperidine rings is 4. The van der Waals surface area contributed by atoms with Crippen molar-refractivity contribution in [2.75, 3.05) is 49.9 Å². The number of benzene rings is 2. The van der Waals surface area contributed by atoms with E-state index in [9.17, 15) is 9.59 Å². The average molecular weight is 965 g/mol. The molecule has 6 aromatic rings. The van der Waals surface area contributed by atoms with Gasteiger partial charge in [-0.05, 0) is 122 Å². The Morgan fingerprint density at radius 1 is 0.403 bits per heavy atom. The summed E-state index contributed by atoms with van der Waals surface area (Å²) in [5.41, 5.74) is 8.73. The Hall–Kier alpha value is -6.32. The maximum atomic E-state index is 12.7. The maximum absolute atomic E-state index is 12.7. The van der Waals surface area contributed by atoms with Gasteiger partial charge in [-0.2, -0.15) is 0 Å². The van der Waals surface area contributed by atoms with Crippen molar-refractivity contribution >= 4 is 34.6 Å². The van der Waals surface area contributed by atoms with E-state index in [1.54, 1.807) is 0 Å². The van der Waals surface area contributed by atoms with Crippen LogP contribution in [0.2, 0.25) is 0 Å². The average Bonchev–Trinajstić information content (AvgIpc) is 3.40. The van der Waals surface area contributed by atoms with Crippen LogP contribution in [0.3, 0.4) is 0 Å². The number of carbonyl (C=O) groups is 2. The van der Waals surface area contributed by atoms with Gasteiger partial charge in [0.1, 0.15) is 34.9 Å². The van der Waals surface area contributed by atoms with Gasteiger partial charge >= 0.3 is 0 Å². The molecule has 20 rings (SSSR count). The zero-order valence-electron chi connectivity index (χ0n) is 41.5. The molecular weight excluding hydrogens is 897 g/mol. The van der Waals surface area contributed by atoms with Crippen molar-refractivity contribution in [2.24, 2.45) is 0 Å². The molecule has 72 heavy (non-hydrogen) atoms. The summed E-state index contributed by atoms with van der Waals surface area (Å²) in [6, 6.07) is 27.4. The molecule has 372 valence electrons. The Labute approximate surface area is 424 Å². The van der Waals surface area contributed by atoms with Crippen LogP contribution >= 0.6 is 0 Å². The number of aryl methyl sites for hydroxylation is 2. The fourth-order valence-electron chi connectivity index (χ4n) is 11.8. The van der Waals surface area contributed by atoms with Crippen LogP contribution < -0.4 is 10.6 Å². The zero-order valence-corrected chi connectivity index (χ0v) is 41.5. The summed E-state index contributed by atoms with van der Waals surface area (Å²) >= 11 is 0. The molecule has 0 saturated carbocycles. The summed E-state index contributed by atoms with van der Waals surface area (Å²) < 4.78 is 0. The Bertz CT molecular complexity index is 2620. The van der Waals surface area contributed by atoms with Gasteiger partial charge in [-0.15, -0.1) is 0 Å². The Balaban J connectivity index is 0.000000156. The number of fused-ring (bicyclic) bond motifs is 2.